The lowest BCUT2D eigenvalue weighted by Gasteiger charge is -2.10. The topological polar surface area (TPSA) is 31.2 Å². The number of ether oxygens (including phenoxy) is 1. The van der Waals surface area contributed by atoms with Crippen molar-refractivity contribution in [2.45, 2.75) is 13.5 Å². The van der Waals surface area contributed by atoms with Crippen LogP contribution in [0.2, 0.25) is 0 Å². The molecule has 0 fully saturated rings. The molecule has 3 aromatic rings. The lowest BCUT2D eigenvalue weighted by atomic mass is 10.1. The monoisotopic (exact) mass is 417 g/mol. The van der Waals surface area contributed by atoms with E-state index in [1.54, 1.807) is 0 Å². The molecule has 0 N–H and O–H groups in total. The van der Waals surface area contributed by atoms with Crippen molar-refractivity contribution in [3.63, 3.8) is 0 Å². The highest BCUT2D eigenvalue weighted by molar-refractivity contribution is 14.1. The Morgan fingerprint density at radius 1 is 1.09 bits per heavy atom. The fraction of sp³-hybridized carbons (Fsp3) is 0.105. The summed E-state index contributed by atoms with van der Waals surface area (Å²) in [7, 11) is 0. The van der Waals surface area contributed by atoms with Gasteiger partial charge in [0, 0.05) is 28.9 Å². The number of carbonyl (C=O) groups excluding carboxylic acids is 1. The fourth-order valence-corrected chi connectivity index (χ4v) is 3.12. The lowest BCUT2D eigenvalue weighted by molar-refractivity contribution is -0.131. The van der Waals surface area contributed by atoms with Crippen LogP contribution in [0.5, 0.6) is 5.75 Å². The first kappa shape index (κ1) is 15.8. The molecule has 0 radical (unpaired) electrons. The highest BCUT2D eigenvalue weighted by atomic mass is 127. The van der Waals surface area contributed by atoms with Gasteiger partial charge in [-0.25, -0.2) is 0 Å². The maximum Gasteiger partial charge on any atom is 0.308 e. The molecule has 1 aromatic heterocycles. The Hall–Kier alpha value is -2.08. The molecule has 0 saturated carbocycles. The van der Waals surface area contributed by atoms with Crippen molar-refractivity contribution < 1.29 is 9.53 Å². The van der Waals surface area contributed by atoms with E-state index in [1.807, 2.05) is 30.3 Å². The van der Waals surface area contributed by atoms with Crippen molar-refractivity contribution in [3.05, 3.63) is 76.0 Å². The largest absolute Gasteiger partial charge is 0.427 e. The van der Waals surface area contributed by atoms with Gasteiger partial charge in [0.2, 0.25) is 0 Å². The number of aromatic nitrogens is 1. The third-order valence-corrected chi connectivity index (χ3v) is 4.06. The molecule has 0 aliphatic rings. The SMILES string of the molecule is CC(=O)Oc1ccc(-c2cc(I)cn2Cc2ccccc2)cc1. The lowest BCUT2D eigenvalue weighted by Crippen LogP contribution is -2.02. The molecule has 0 spiro atoms. The number of esters is 1. The smallest absolute Gasteiger partial charge is 0.308 e. The summed E-state index contributed by atoms with van der Waals surface area (Å²) in [4.78, 5) is 11.0. The number of benzene rings is 2. The molecule has 2 aromatic carbocycles. The molecular weight excluding hydrogens is 401 g/mol. The normalized spacial score (nSPS) is 10.5. The molecule has 3 nitrogen and oxygen atoms in total. The number of halogens is 1. The molecule has 0 bridgehead atoms. The first-order valence-corrected chi connectivity index (χ1v) is 8.38. The molecule has 116 valence electrons. The van der Waals surface area contributed by atoms with Crippen LogP contribution in [-0.4, -0.2) is 10.5 Å². The summed E-state index contributed by atoms with van der Waals surface area (Å²) in [5.41, 5.74) is 3.50. The molecule has 4 heteroatoms. The minimum atomic E-state index is -0.306. The fourth-order valence-electron chi connectivity index (χ4n) is 2.49. The molecule has 0 atom stereocenters. The van der Waals surface area contributed by atoms with Gasteiger partial charge in [0.25, 0.3) is 0 Å². The molecule has 0 amide bonds. The van der Waals surface area contributed by atoms with Gasteiger partial charge in [-0.3, -0.25) is 4.79 Å². The van der Waals surface area contributed by atoms with Crippen LogP contribution in [0.1, 0.15) is 12.5 Å². The highest BCUT2D eigenvalue weighted by Crippen LogP contribution is 2.26. The Labute approximate surface area is 149 Å². The number of hydrogen-bond donors (Lipinski definition) is 0. The van der Waals surface area contributed by atoms with Gasteiger partial charge >= 0.3 is 5.97 Å². The predicted octanol–water partition coefficient (Wildman–Crippen LogP) is 4.73. The summed E-state index contributed by atoms with van der Waals surface area (Å²) in [6, 6.07) is 20.1. The van der Waals surface area contributed by atoms with Gasteiger partial charge in [-0.2, -0.15) is 0 Å². The Balaban J connectivity index is 1.89. The van der Waals surface area contributed by atoms with Crippen molar-refractivity contribution in [1.82, 2.24) is 4.57 Å². The Kier molecular flexibility index (Phi) is 4.81. The Bertz CT molecular complexity index is 807. The van der Waals surface area contributed by atoms with Crippen molar-refractivity contribution in [2.24, 2.45) is 0 Å². The number of carbonyl (C=O) groups is 1. The van der Waals surface area contributed by atoms with Crippen LogP contribution in [0.3, 0.4) is 0 Å². The summed E-state index contributed by atoms with van der Waals surface area (Å²) < 4.78 is 8.52. The molecular formula is C19H16INO2. The van der Waals surface area contributed by atoms with E-state index in [-0.39, 0.29) is 5.97 Å². The highest BCUT2D eigenvalue weighted by Gasteiger charge is 2.08. The number of rotatable bonds is 4. The van der Waals surface area contributed by atoms with E-state index in [0.717, 1.165) is 17.8 Å². The van der Waals surface area contributed by atoms with Crippen LogP contribution < -0.4 is 4.74 Å². The second kappa shape index (κ2) is 7.00. The van der Waals surface area contributed by atoms with E-state index < -0.39 is 0 Å². The van der Waals surface area contributed by atoms with Gasteiger partial charge in [0.15, 0.2) is 0 Å². The molecule has 3 rings (SSSR count). The average Bonchev–Trinajstić information content (AvgIpc) is 2.89. The zero-order valence-corrected chi connectivity index (χ0v) is 14.9. The second-order valence-electron chi connectivity index (χ2n) is 5.28. The molecule has 23 heavy (non-hydrogen) atoms. The van der Waals surface area contributed by atoms with E-state index in [9.17, 15) is 4.79 Å². The minimum absolute atomic E-state index is 0.306. The number of nitrogens with zero attached hydrogens (tertiary/aromatic N) is 1. The zero-order chi connectivity index (χ0) is 16.2. The van der Waals surface area contributed by atoms with Gasteiger partial charge in [-0.15, -0.1) is 0 Å². The summed E-state index contributed by atoms with van der Waals surface area (Å²) in [5, 5.41) is 0. The van der Waals surface area contributed by atoms with Crippen molar-refractivity contribution in [3.8, 4) is 17.0 Å². The maximum atomic E-state index is 11.0. The van der Waals surface area contributed by atoms with Crippen molar-refractivity contribution >= 4 is 28.6 Å². The van der Waals surface area contributed by atoms with Gasteiger partial charge < -0.3 is 9.30 Å². The first-order chi connectivity index (χ1) is 11.1. The van der Waals surface area contributed by atoms with E-state index in [0.29, 0.717) is 5.75 Å². The molecule has 0 aliphatic heterocycles. The van der Waals surface area contributed by atoms with E-state index >= 15 is 0 Å². The van der Waals surface area contributed by atoms with Gasteiger partial charge in [0.05, 0.1) is 0 Å². The molecule has 0 saturated heterocycles. The van der Waals surface area contributed by atoms with Crippen LogP contribution in [0.4, 0.5) is 0 Å². The minimum Gasteiger partial charge on any atom is -0.427 e. The Morgan fingerprint density at radius 2 is 1.78 bits per heavy atom. The first-order valence-electron chi connectivity index (χ1n) is 7.30. The molecule has 0 unspecified atom stereocenters. The van der Waals surface area contributed by atoms with Crippen molar-refractivity contribution in [2.75, 3.05) is 0 Å². The molecule has 0 aliphatic carbocycles. The zero-order valence-electron chi connectivity index (χ0n) is 12.7. The summed E-state index contributed by atoms with van der Waals surface area (Å²) in [6.45, 7) is 2.23. The van der Waals surface area contributed by atoms with Gasteiger partial charge in [-0.1, -0.05) is 30.3 Å². The average molecular weight is 417 g/mol. The van der Waals surface area contributed by atoms with Gasteiger partial charge in [-0.05, 0) is 64.0 Å². The third-order valence-electron chi connectivity index (χ3n) is 3.47. The maximum absolute atomic E-state index is 11.0. The van der Waals surface area contributed by atoms with Crippen LogP contribution in [0, 0.1) is 3.57 Å². The molecule has 1 heterocycles. The van der Waals surface area contributed by atoms with Crippen LogP contribution in [0.15, 0.2) is 66.9 Å². The Morgan fingerprint density at radius 3 is 2.43 bits per heavy atom. The van der Waals surface area contributed by atoms with E-state index in [2.05, 4.69) is 63.7 Å². The van der Waals surface area contributed by atoms with E-state index in [1.165, 1.54) is 16.1 Å². The quantitative estimate of drug-likeness (QED) is 0.349. The summed E-state index contributed by atoms with van der Waals surface area (Å²) in [6.07, 6.45) is 2.14. The third kappa shape index (κ3) is 4.01. The van der Waals surface area contributed by atoms with Gasteiger partial charge in [0.1, 0.15) is 5.75 Å². The van der Waals surface area contributed by atoms with Crippen molar-refractivity contribution in [1.29, 1.82) is 0 Å². The number of hydrogen-bond acceptors (Lipinski definition) is 2. The second-order valence-corrected chi connectivity index (χ2v) is 6.52. The summed E-state index contributed by atoms with van der Waals surface area (Å²) >= 11 is 2.33. The van der Waals surface area contributed by atoms with Crippen LogP contribution >= 0.6 is 22.6 Å². The van der Waals surface area contributed by atoms with Crippen LogP contribution in [0.25, 0.3) is 11.3 Å². The van der Waals surface area contributed by atoms with E-state index in [4.69, 9.17) is 4.74 Å². The predicted molar refractivity (Wildman–Crippen MR) is 99.4 cm³/mol. The standard InChI is InChI=1S/C19H16INO2/c1-14(22)23-18-9-7-16(8-10-18)19-11-17(20)13-21(19)12-15-5-3-2-4-6-15/h2-11,13H,12H2,1H3. The summed E-state index contributed by atoms with van der Waals surface area (Å²) in [5.74, 6) is 0.261. The van der Waals surface area contributed by atoms with Crippen LogP contribution in [-0.2, 0) is 11.3 Å².